The van der Waals surface area contributed by atoms with Gasteiger partial charge in [-0.2, -0.15) is 0 Å². The fraction of sp³-hybridized carbons (Fsp3) is 0.200. The predicted molar refractivity (Wildman–Crippen MR) is 48.6 cm³/mol. The molecule has 0 saturated carbocycles. The van der Waals surface area contributed by atoms with Gasteiger partial charge in [0.2, 0.25) is 0 Å². The highest BCUT2D eigenvalue weighted by atomic mass is 16.5. The van der Waals surface area contributed by atoms with Gasteiger partial charge >= 0.3 is 5.97 Å². The van der Waals surface area contributed by atoms with Gasteiger partial charge in [0.1, 0.15) is 5.75 Å². The lowest BCUT2D eigenvalue weighted by Crippen LogP contribution is -2.10. The van der Waals surface area contributed by atoms with Crippen LogP contribution in [0, 0.1) is 6.92 Å². The van der Waals surface area contributed by atoms with Gasteiger partial charge in [0.05, 0.1) is 0 Å². The average Bonchev–Trinajstić information content (AvgIpc) is 2.15. The van der Waals surface area contributed by atoms with Gasteiger partial charge < -0.3 is 9.84 Å². The van der Waals surface area contributed by atoms with Crippen molar-refractivity contribution in [3.8, 4) is 5.75 Å². The highest BCUT2D eigenvalue weighted by Gasteiger charge is 2.02. The molecule has 1 N–H and O–H groups in total. The Labute approximate surface area is 77.0 Å². The Morgan fingerprint density at radius 3 is 2.77 bits per heavy atom. The van der Waals surface area contributed by atoms with Crippen molar-refractivity contribution in [3.05, 3.63) is 36.8 Å². The third kappa shape index (κ3) is 2.78. The maximum absolute atomic E-state index is 10.2. The molecule has 0 aliphatic carbocycles. The van der Waals surface area contributed by atoms with Crippen molar-refractivity contribution < 1.29 is 14.6 Å². The van der Waals surface area contributed by atoms with Crippen LogP contribution in [-0.4, -0.2) is 17.7 Å². The monoisotopic (exact) mass is 179 g/mol. The molecular formula is C10H11O3. The first kappa shape index (κ1) is 9.58. The number of benzene rings is 1. The van der Waals surface area contributed by atoms with Gasteiger partial charge in [0.25, 0.3) is 0 Å². The molecule has 0 saturated heterocycles. The molecule has 0 fully saturated rings. The van der Waals surface area contributed by atoms with E-state index in [2.05, 4.69) is 6.92 Å². The number of rotatable bonds is 4. The second-order valence-electron chi connectivity index (χ2n) is 2.54. The summed E-state index contributed by atoms with van der Waals surface area (Å²) in [7, 11) is 0. The lowest BCUT2D eigenvalue weighted by atomic mass is 10.1. The van der Waals surface area contributed by atoms with E-state index >= 15 is 0 Å². The van der Waals surface area contributed by atoms with Crippen LogP contribution in [-0.2, 0) is 11.2 Å². The summed E-state index contributed by atoms with van der Waals surface area (Å²) in [5.74, 6) is -0.376. The Balaban J connectivity index is 2.69. The van der Waals surface area contributed by atoms with Crippen molar-refractivity contribution >= 4 is 5.97 Å². The molecule has 0 heterocycles. The summed E-state index contributed by atoms with van der Waals surface area (Å²) >= 11 is 0. The standard InChI is InChI=1S/C10H11O3/c1-2-8-5-3-4-6-9(8)13-7-10(11)12/h3-6H,1-2,7H2,(H,11,12). The highest BCUT2D eigenvalue weighted by Crippen LogP contribution is 2.17. The van der Waals surface area contributed by atoms with Gasteiger partial charge in [-0.3, -0.25) is 0 Å². The molecule has 0 aromatic heterocycles. The van der Waals surface area contributed by atoms with Crippen LogP contribution in [0.2, 0.25) is 0 Å². The molecule has 3 nitrogen and oxygen atoms in total. The van der Waals surface area contributed by atoms with Crippen LogP contribution in [0.25, 0.3) is 0 Å². The van der Waals surface area contributed by atoms with E-state index in [0.717, 1.165) is 5.56 Å². The number of hydrogen-bond donors (Lipinski definition) is 1. The van der Waals surface area contributed by atoms with Crippen LogP contribution in [0.1, 0.15) is 5.56 Å². The SMILES string of the molecule is [CH2]Cc1ccccc1OCC(=O)O. The summed E-state index contributed by atoms with van der Waals surface area (Å²) in [6.07, 6.45) is 0.593. The lowest BCUT2D eigenvalue weighted by molar-refractivity contribution is -0.139. The molecule has 0 spiro atoms. The van der Waals surface area contributed by atoms with Crippen molar-refractivity contribution in [2.45, 2.75) is 6.42 Å². The molecule has 0 amide bonds. The van der Waals surface area contributed by atoms with Gasteiger partial charge in [-0.25, -0.2) is 4.79 Å². The van der Waals surface area contributed by atoms with E-state index in [1.54, 1.807) is 12.1 Å². The first-order valence-electron chi connectivity index (χ1n) is 3.95. The van der Waals surface area contributed by atoms with Crippen LogP contribution in [0.15, 0.2) is 24.3 Å². The minimum atomic E-state index is -0.973. The maximum atomic E-state index is 10.2. The lowest BCUT2D eigenvalue weighted by Gasteiger charge is -2.07. The second-order valence-corrected chi connectivity index (χ2v) is 2.54. The molecule has 69 valence electrons. The van der Waals surface area contributed by atoms with Crippen molar-refractivity contribution in [1.82, 2.24) is 0 Å². The van der Waals surface area contributed by atoms with Crippen LogP contribution in [0.3, 0.4) is 0 Å². The Morgan fingerprint density at radius 1 is 1.46 bits per heavy atom. The van der Waals surface area contributed by atoms with E-state index in [-0.39, 0.29) is 6.61 Å². The zero-order valence-corrected chi connectivity index (χ0v) is 7.19. The Hall–Kier alpha value is -1.51. The summed E-state index contributed by atoms with van der Waals surface area (Å²) in [6, 6.07) is 7.28. The minimum absolute atomic E-state index is 0.309. The second kappa shape index (κ2) is 4.50. The summed E-state index contributed by atoms with van der Waals surface area (Å²) < 4.78 is 5.05. The number of ether oxygens (including phenoxy) is 1. The summed E-state index contributed by atoms with van der Waals surface area (Å²) in [6.45, 7) is 3.41. The number of carbonyl (C=O) groups is 1. The first-order chi connectivity index (χ1) is 6.24. The largest absolute Gasteiger partial charge is 0.482 e. The first-order valence-corrected chi connectivity index (χ1v) is 3.95. The third-order valence-electron chi connectivity index (χ3n) is 1.59. The molecule has 0 aliphatic heterocycles. The molecule has 0 unspecified atom stereocenters. The van der Waals surface area contributed by atoms with Crippen LogP contribution in [0.5, 0.6) is 5.75 Å². The van der Waals surface area contributed by atoms with Gasteiger partial charge in [-0.15, -0.1) is 0 Å². The zero-order chi connectivity index (χ0) is 9.68. The molecule has 0 aliphatic rings. The molecular weight excluding hydrogens is 168 g/mol. The average molecular weight is 179 g/mol. The quantitative estimate of drug-likeness (QED) is 0.762. The topological polar surface area (TPSA) is 46.5 Å². The molecule has 1 aromatic rings. The number of carboxylic acid groups (broad SMARTS) is 1. The minimum Gasteiger partial charge on any atom is -0.482 e. The van der Waals surface area contributed by atoms with E-state index in [1.165, 1.54) is 0 Å². The summed E-state index contributed by atoms with van der Waals surface area (Å²) in [5.41, 5.74) is 0.920. The van der Waals surface area contributed by atoms with Gasteiger partial charge in [0.15, 0.2) is 6.61 Å². The molecule has 3 heteroatoms. The summed E-state index contributed by atoms with van der Waals surface area (Å²) in [4.78, 5) is 10.2. The Morgan fingerprint density at radius 2 is 2.15 bits per heavy atom. The van der Waals surface area contributed by atoms with Gasteiger partial charge in [-0.1, -0.05) is 18.2 Å². The van der Waals surface area contributed by atoms with Crippen LogP contribution in [0.4, 0.5) is 0 Å². The van der Waals surface area contributed by atoms with Crippen molar-refractivity contribution in [2.24, 2.45) is 0 Å². The molecule has 13 heavy (non-hydrogen) atoms. The highest BCUT2D eigenvalue weighted by molar-refractivity contribution is 5.68. The smallest absolute Gasteiger partial charge is 0.341 e. The summed E-state index contributed by atoms with van der Waals surface area (Å²) in [5, 5.41) is 8.40. The number of carboxylic acids is 1. The van der Waals surface area contributed by atoms with Gasteiger partial charge in [0, 0.05) is 0 Å². The van der Waals surface area contributed by atoms with Crippen molar-refractivity contribution in [1.29, 1.82) is 0 Å². The maximum Gasteiger partial charge on any atom is 0.341 e. The zero-order valence-electron chi connectivity index (χ0n) is 7.19. The third-order valence-corrected chi connectivity index (χ3v) is 1.59. The Kier molecular flexibility index (Phi) is 3.31. The van der Waals surface area contributed by atoms with Crippen molar-refractivity contribution in [3.63, 3.8) is 0 Å². The van der Waals surface area contributed by atoms with E-state index < -0.39 is 5.97 Å². The Bertz CT molecular complexity index is 294. The van der Waals surface area contributed by atoms with Crippen LogP contribution >= 0.6 is 0 Å². The molecule has 1 rings (SSSR count). The fourth-order valence-electron chi connectivity index (χ4n) is 0.991. The number of para-hydroxylation sites is 1. The number of aliphatic carboxylic acids is 1. The predicted octanol–water partition coefficient (Wildman–Crippen LogP) is 1.53. The number of hydrogen-bond acceptors (Lipinski definition) is 2. The van der Waals surface area contributed by atoms with E-state index in [0.29, 0.717) is 12.2 Å². The molecule has 1 radical (unpaired) electrons. The molecule has 0 bridgehead atoms. The fourth-order valence-corrected chi connectivity index (χ4v) is 0.991. The molecule has 1 aromatic carbocycles. The van der Waals surface area contributed by atoms with E-state index in [9.17, 15) is 4.79 Å². The van der Waals surface area contributed by atoms with E-state index in [1.807, 2.05) is 12.1 Å². The normalized spacial score (nSPS) is 9.62. The van der Waals surface area contributed by atoms with E-state index in [4.69, 9.17) is 9.84 Å². The molecule has 0 atom stereocenters. The van der Waals surface area contributed by atoms with Gasteiger partial charge in [-0.05, 0) is 25.0 Å². The van der Waals surface area contributed by atoms with Crippen molar-refractivity contribution in [2.75, 3.05) is 6.61 Å². The van der Waals surface area contributed by atoms with Crippen LogP contribution < -0.4 is 4.74 Å².